The molecule has 1 N–H and O–H groups in total. The highest BCUT2D eigenvalue weighted by molar-refractivity contribution is 5.97. The molecule has 1 atom stereocenters. The van der Waals surface area contributed by atoms with Crippen LogP contribution < -0.4 is 29.2 Å². The van der Waals surface area contributed by atoms with E-state index in [-0.39, 0.29) is 30.9 Å². The van der Waals surface area contributed by atoms with Crippen LogP contribution >= 0.6 is 0 Å². The first kappa shape index (κ1) is 18.9. The number of anilines is 1. The van der Waals surface area contributed by atoms with Gasteiger partial charge < -0.3 is 29.2 Å². The SMILES string of the molecule is COc1ccccc1OCC(=O)N[C@@H]1CC(=O)N(c2ccc3c(c2)OCCO3)C1. The number of benzene rings is 2. The van der Waals surface area contributed by atoms with Gasteiger partial charge in [0.2, 0.25) is 5.91 Å². The van der Waals surface area contributed by atoms with E-state index in [9.17, 15) is 9.59 Å². The van der Waals surface area contributed by atoms with Gasteiger partial charge in [0.15, 0.2) is 29.6 Å². The molecule has 2 heterocycles. The number of amides is 2. The van der Waals surface area contributed by atoms with E-state index in [2.05, 4.69) is 5.32 Å². The lowest BCUT2D eigenvalue weighted by atomic mass is 10.2. The summed E-state index contributed by atoms with van der Waals surface area (Å²) in [6.07, 6.45) is 0.231. The van der Waals surface area contributed by atoms with Crippen molar-refractivity contribution in [1.29, 1.82) is 0 Å². The van der Waals surface area contributed by atoms with Crippen molar-refractivity contribution in [2.24, 2.45) is 0 Å². The zero-order chi connectivity index (χ0) is 20.2. The van der Waals surface area contributed by atoms with Crippen LogP contribution in [0, 0.1) is 0 Å². The van der Waals surface area contributed by atoms with Crippen molar-refractivity contribution in [3.8, 4) is 23.0 Å². The van der Waals surface area contributed by atoms with E-state index in [1.807, 2.05) is 12.1 Å². The lowest BCUT2D eigenvalue weighted by molar-refractivity contribution is -0.123. The number of carbonyl (C=O) groups is 2. The van der Waals surface area contributed by atoms with E-state index in [4.69, 9.17) is 18.9 Å². The minimum atomic E-state index is -0.294. The normalized spacial score (nSPS) is 17.8. The number of carbonyl (C=O) groups excluding carboxylic acids is 2. The number of hydrogen-bond acceptors (Lipinski definition) is 6. The second kappa shape index (κ2) is 8.30. The van der Waals surface area contributed by atoms with E-state index >= 15 is 0 Å². The monoisotopic (exact) mass is 398 g/mol. The Kier molecular flexibility index (Phi) is 5.41. The van der Waals surface area contributed by atoms with Crippen LogP contribution in [0.1, 0.15) is 6.42 Å². The average molecular weight is 398 g/mol. The number of rotatable bonds is 6. The van der Waals surface area contributed by atoms with Crippen LogP contribution in [-0.4, -0.2) is 51.3 Å². The van der Waals surface area contributed by atoms with Gasteiger partial charge in [-0.3, -0.25) is 9.59 Å². The van der Waals surface area contributed by atoms with Gasteiger partial charge >= 0.3 is 0 Å². The first-order chi connectivity index (χ1) is 14.1. The zero-order valence-electron chi connectivity index (χ0n) is 16.1. The molecule has 0 aliphatic carbocycles. The molecule has 0 radical (unpaired) electrons. The Balaban J connectivity index is 1.34. The number of fused-ring (bicyclic) bond motifs is 1. The fourth-order valence-electron chi connectivity index (χ4n) is 3.40. The highest BCUT2D eigenvalue weighted by Crippen LogP contribution is 2.35. The number of para-hydroxylation sites is 2. The highest BCUT2D eigenvalue weighted by atomic mass is 16.6. The molecule has 0 spiro atoms. The van der Waals surface area contributed by atoms with Crippen molar-refractivity contribution >= 4 is 17.5 Å². The predicted molar refractivity (Wildman–Crippen MR) is 105 cm³/mol. The van der Waals surface area contributed by atoms with Gasteiger partial charge in [-0.2, -0.15) is 0 Å². The van der Waals surface area contributed by atoms with Crippen LogP contribution in [-0.2, 0) is 9.59 Å². The van der Waals surface area contributed by atoms with Crippen molar-refractivity contribution in [3.63, 3.8) is 0 Å². The summed E-state index contributed by atoms with van der Waals surface area (Å²) in [5, 5.41) is 2.86. The molecule has 0 aromatic heterocycles. The molecule has 1 fully saturated rings. The molecule has 2 amide bonds. The molecule has 0 bridgehead atoms. The van der Waals surface area contributed by atoms with E-state index in [0.29, 0.717) is 42.8 Å². The third-order valence-corrected chi connectivity index (χ3v) is 4.76. The summed E-state index contributed by atoms with van der Waals surface area (Å²) in [5.74, 6) is 1.99. The van der Waals surface area contributed by atoms with Crippen LogP contribution in [0.4, 0.5) is 5.69 Å². The highest BCUT2D eigenvalue weighted by Gasteiger charge is 2.32. The van der Waals surface area contributed by atoms with Gasteiger partial charge in [0.1, 0.15) is 13.2 Å². The second-order valence-corrected chi connectivity index (χ2v) is 6.74. The Bertz CT molecular complexity index is 916. The molecule has 2 aliphatic rings. The van der Waals surface area contributed by atoms with Crippen LogP contribution in [0.15, 0.2) is 42.5 Å². The van der Waals surface area contributed by atoms with Gasteiger partial charge in [0.05, 0.1) is 13.2 Å². The van der Waals surface area contributed by atoms with Crippen LogP contribution in [0.2, 0.25) is 0 Å². The fourth-order valence-corrected chi connectivity index (χ4v) is 3.40. The third kappa shape index (κ3) is 4.21. The van der Waals surface area contributed by atoms with Crippen LogP contribution in [0.5, 0.6) is 23.0 Å². The fraction of sp³-hybridized carbons (Fsp3) is 0.333. The molecule has 4 rings (SSSR count). The summed E-state index contributed by atoms with van der Waals surface area (Å²) >= 11 is 0. The van der Waals surface area contributed by atoms with E-state index in [0.717, 1.165) is 5.69 Å². The summed E-state index contributed by atoms with van der Waals surface area (Å²) in [7, 11) is 1.54. The van der Waals surface area contributed by atoms with Crippen molar-refractivity contribution in [2.75, 3.05) is 38.4 Å². The Morgan fingerprint density at radius 2 is 1.90 bits per heavy atom. The third-order valence-electron chi connectivity index (χ3n) is 4.76. The summed E-state index contributed by atoms with van der Waals surface area (Å²) in [6, 6.07) is 12.2. The van der Waals surface area contributed by atoms with Crippen LogP contribution in [0.3, 0.4) is 0 Å². The maximum absolute atomic E-state index is 12.5. The average Bonchev–Trinajstić information content (AvgIpc) is 3.11. The summed E-state index contributed by atoms with van der Waals surface area (Å²) in [4.78, 5) is 26.4. The lowest BCUT2D eigenvalue weighted by Gasteiger charge is -2.22. The number of nitrogens with one attached hydrogen (secondary N) is 1. The van der Waals surface area contributed by atoms with Gasteiger partial charge in [-0.1, -0.05) is 12.1 Å². The van der Waals surface area contributed by atoms with Crippen LogP contribution in [0.25, 0.3) is 0 Å². The quantitative estimate of drug-likeness (QED) is 0.798. The van der Waals surface area contributed by atoms with Gasteiger partial charge in [0, 0.05) is 24.7 Å². The molecular formula is C21H22N2O6. The minimum absolute atomic E-state index is 0.0578. The smallest absolute Gasteiger partial charge is 0.258 e. The minimum Gasteiger partial charge on any atom is -0.493 e. The summed E-state index contributed by atoms with van der Waals surface area (Å²) in [5.41, 5.74) is 0.723. The molecule has 2 aromatic carbocycles. The molecule has 8 heteroatoms. The largest absolute Gasteiger partial charge is 0.493 e. The summed E-state index contributed by atoms with van der Waals surface area (Å²) < 4.78 is 21.8. The molecule has 1 saturated heterocycles. The first-order valence-corrected chi connectivity index (χ1v) is 9.39. The molecule has 2 aromatic rings. The molecule has 152 valence electrons. The van der Waals surface area contributed by atoms with Crippen molar-refractivity contribution in [2.45, 2.75) is 12.5 Å². The molecule has 8 nitrogen and oxygen atoms in total. The van der Waals surface area contributed by atoms with Crippen molar-refractivity contribution < 1.29 is 28.5 Å². The molecule has 0 unspecified atom stereocenters. The maximum atomic E-state index is 12.5. The van der Waals surface area contributed by atoms with Gasteiger partial charge in [0.25, 0.3) is 5.91 Å². The standard InChI is InChI=1S/C21H22N2O6/c1-26-16-4-2-3-5-17(16)29-13-20(24)22-14-10-21(25)23(12-14)15-6-7-18-19(11-15)28-9-8-27-18/h2-7,11,14H,8-10,12-13H2,1H3,(H,22,24)/t14-/m1/s1. The van der Waals surface area contributed by atoms with E-state index in [1.165, 1.54) is 0 Å². The Hall–Kier alpha value is -3.42. The number of ether oxygens (including phenoxy) is 4. The molecule has 29 heavy (non-hydrogen) atoms. The second-order valence-electron chi connectivity index (χ2n) is 6.74. The first-order valence-electron chi connectivity index (χ1n) is 9.39. The molecule has 2 aliphatic heterocycles. The van der Waals surface area contributed by atoms with Crippen molar-refractivity contribution in [3.05, 3.63) is 42.5 Å². The van der Waals surface area contributed by atoms with Gasteiger partial charge in [-0.25, -0.2) is 0 Å². The lowest BCUT2D eigenvalue weighted by Crippen LogP contribution is -2.39. The predicted octanol–water partition coefficient (Wildman–Crippen LogP) is 1.77. The summed E-state index contributed by atoms with van der Waals surface area (Å²) in [6.45, 7) is 1.23. The van der Waals surface area contributed by atoms with Crippen molar-refractivity contribution in [1.82, 2.24) is 5.32 Å². The molecular weight excluding hydrogens is 376 g/mol. The zero-order valence-corrected chi connectivity index (χ0v) is 16.1. The Labute approximate surface area is 168 Å². The molecule has 0 saturated carbocycles. The Morgan fingerprint density at radius 3 is 2.69 bits per heavy atom. The number of nitrogens with zero attached hydrogens (tertiary/aromatic N) is 1. The number of hydrogen-bond donors (Lipinski definition) is 1. The van der Waals surface area contributed by atoms with E-state index < -0.39 is 0 Å². The maximum Gasteiger partial charge on any atom is 0.258 e. The Morgan fingerprint density at radius 1 is 1.14 bits per heavy atom. The van der Waals surface area contributed by atoms with Gasteiger partial charge in [-0.05, 0) is 24.3 Å². The van der Waals surface area contributed by atoms with Gasteiger partial charge in [-0.15, -0.1) is 0 Å². The topological polar surface area (TPSA) is 86.3 Å². The van der Waals surface area contributed by atoms with E-state index in [1.54, 1.807) is 42.3 Å². The number of methoxy groups -OCH3 is 1.